The molecule has 2 aromatic heterocycles. The third kappa shape index (κ3) is 4.94. The number of aryl methyl sites for hydroxylation is 1. The fraction of sp³-hybridized carbons (Fsp3) is 0.346. The lowest BCUT2D eigenvalue weighted by Crippen LogP contribution is -2.37. The summed E-state index contributed by atoms with van der Waals surface area (Å²) in [4.78, 5) is 32.7. The van der Waals surface area contributed by atoms with Crippen molar-refractivity contribution >= 4 is 33.6 Å². The van der Waals surface area contributed by atoms with Crippen LogP contribution >= 0.6 is 11.8 Å². The Morgan fingerprint density at radius 1 is 1.00 bits per heavy atom. The van der Waals surface area contributed by atoms with Gasteiger partial charge in [0.15, 0.2) is 5.16 Å². The van der Waals surface area contributed by atoms with Crippen LogP contribution in [0.3, 0.4) is 0 Å². The van der Waals surface area contributed by atoms with Gasteiger partial charge >= 0.3 is 5.63 Å². The van der Waals surface area contributed by atoms with E-state index in [2.05, 4.69) is 4.90 Å². The summed E-state index contributed by atoms with van der Waals surface area (Å²) in [6, 6.07) is 14.9. The molecule has 5 rings (SSSR count). The van der Waals surface area contributed by atoms with Crippen molar-refractivity contribution in [1.29, 1.82) is 0 Å². The van der Waals surface area contributed by atoms with Crippen LogP contribution in [0.1, 0.15) is 17.5 Å². The normalized spacial score (nSPS) is 14.7. The van der Waals surface area contributed by atoms with Crippen LogP contribution in [0.4, 0.5) is 0 Å². The average molecular weight is 478 g/mol. The fourth-order valence-corrected chi connectivity index (χ4v) is 5.35. The Kier molecular flexibility index (Phi) is 6.80. The molecule has 0 N–H and O–H groups in total. The van der Waals surface area contributed by atoms with E-state index in [-0.39, 0.29) is 11.2 Å². The van der Waals surface area contributed by atoms with Gasteiger partial charge in [0, 0.05) is 43.4 Å². The van der Waals surface area contributed by atoms with Crippen molar-refractivity contribution in [2.45, 2.75) is 30.8 Å². The summed E-state index contributed by atoms with van der Waals surface area (Å²) in [5.41, 5.74) is 2.78. The fourth-order valence-electron chi connectivity index (χ4n) is 4.33. The molecule has 1 aliphatic heterocycles. The second-order valence-corrected chi connectivity index (χ2v) is 9.50. The van der Waals surface area contributed by atoms with Gasteiger partial charge in [-0.05, 0) is 42.7 Å². The molecule has 0 saturated carbocycles. The van der Waals surface area contributed by atoms with Gasteiger partial charge in [-0.25, -0.2) is 9.78 Å². The lowest BCUT2D eigenvalue weighted by atomic mass is 10.1. The number of nitrogens with zero attached hydrogens (tertiary/aromatic N) is 3. The van der Waals surface area contributed by atoms with Crippen molar-refractivity contribution in [2.24, 2.45) is 0 Å². The number of hydrogen-bond acceptors (Lipinski definition) is 7. The molecule has 1 saturated heterocycles. The van der Waals surface area contributed by atoms with E-state index >= 15 is 0 Å². The minimum Gasteiger partial charge on any atom is -0.423 e. The Morgan fingerprint density at radius 3 is 2.68 bits per heavy atom. The first-order valence-electron chi connectivity index (χ1n) is 11.5. The maximum absolute atomic E-state index is 13.4. The number of thioether (sulfide) groups is 1. The number of aromatic nitrogens is 2. The smallest absolute Gasteiger partial charge is 0.336 e. The van der Waals surface area contributed by atoms with E-state index in [1.165, 1.54) is 17.8 Å². The predicted octanol–water partition coefficient (Wildman–Crippen LogP) is 3.83. The Balaban J connectivity index is 1.44. The second-order valence-electron chi connectivity index (χ2n) is 8.55. The van der Waals surface area contributed by atoms with E-state index in [0.717, 1.165) is 55.8 Å². The lowest BCUT2D eigenvalue weighted by molar-refractivity contribution is 0.0368. The van der Waals surface area contributed by atoms with E-state index in [0.29, 0.717) is 33.9 Å². The van der Waals surface area contributed by atoms with Crippen LogP contribution in [0.2, 0.25) is 0 Å². The summed E-state index contributed by atoms with van der Waals surface area (Å²) in [5.74, 6) is 0.513. The maximum atomic E-state index is 13.4. The van der Waals surface area contributed by atoms with Crippen molar-refractivity contribution in [3.63, 3.8) is 0 Å². The van der Waals surface area contributed by atoms with Gasteiger partial charge in [-0.2, -0.15) is 0 Å². The van der Waals surface area contributed by atoms with Crippen LogP contribution in [0.15, 0.2) is 67.7 Å². The zero-order valence-electron chi connectivity index (χ0n) is 19.2. The van der Waals surface area contributed by atoms with Crippen molar-refractivity contribution in [1.82, 2.24) is 14.5 Å². The molecule has 0 amide bonds. The summed E-state index contributed by atoms with van der Waals surface area (Å²) in [6.45, 7) is 6.85. The quantitative estimate of drug-likeness (QED) is 0.227. The summed E-state index contributed by atoms with van der Waals surface area (Å²) < 4.78 is 12.6. The molecule has 1 fully saturated rings. The van der Waals surface area contributed by atoms with Gasteiger partial charge in [0.05, 0.1) is 24.1 Å². The van der Waals surface area contributed by atoms with E-state index in [1.807, 2.05) is 49.4 Å². The van der Waals surface area contributed by atoms with Gasteiger partial charge in [0.1, 0.15) is 5.58 Å². The standard InChI is InChI=1S/C26H27N3O4S/c1-18-7-8-20-19(16-24(30)33-23(20)15-18)17-34-26-27-22-6-3-2-5-21(22)25(31)29(26)10-4-9-28-11-13-32-14-12-28/h2-3,5-8,15-16H,4,9-14,17H2,1H3. The number of rotatable bonds is 7. The molecule has 0 bridgehead atoms. The third-order valence-electron chi connectivity index (χ3n) is 6.13. The predicted molar refractivity (Wildman–Crippen MR) is 135 cm³/mol. The van der Waals surface area contributed by atoms with Crippen molar-refractivity contribution < 1.29 is 9.15 Å². The Bertz CT molecular complexity index is 1440. The topological polar surface area (TPSA) is 77.6 Å². The number of benzene rings is 2. The van der Waals surface area contributed by atoms with Crippen LogP contribution in [0.5, 0.6) is 0 Å². The van der Waals surface area contributed by atoms with Gasteiger partial charge < -0.3 is 9.15 Å². The average Bonchev–Trinajstić information content (AvgIpc) is 2.84. The molecule has 3 heterocycles. The summed E-state index contributed by atoms with van der Waals surface area (Å²) in [5, 5.41) is 2.19. The highest BCUT2D eigenvalue weighted by Gasteiger charge is 2.15. The molecule has 0 spiro atoms. The van der Waals surface area contributed by atoms with Gasteiger partial charge in [0.2, 0.25) is 0 Å². The number of ether oxygens (including phenoxy) is 1. The van der Waals surface area contributed by atoms with Gasteiger partial charge in [-0.3, -0.25) is 14.3 Å². The van der Waals surface area contributed by atoms with E-state index in [9.17, 15) is 9.59 Å². The molecular weight excluding hydrogens is 450 g/mol. The van der Waals surface area contributed by atoms with Crippen molar-refractivity contribution in [2.75, 3.05) is 32.8 Å². The van der Waals surface area contributed by atoms with Crippen molar-refractivity contribution in [3.8, 4) is 0 Å². The first-order chi connectivity index (χ1) is 16.6. The Morgan fingerprint density at radius 2 is 1.82 bits per heavy atom. The monoisotopic (exact) mass is 477 g/mol. The molecular formula is C26H27N3O4S. The Labute approximate surface area is 201 Å². The Hall–Kier alpha value is -2.94. The van der Waals surface area contributed by atoms with Crippen LogP contribution in [0.25, 0.3) is 21.9 Å². The highest BCUT2D eigenvalue weighted by atomic mass is 32.2. The largest absolute Gasteiger partial charge is 0.423 e. The second kappa shape index (κ2) is 10.1. The minimum absolute atomic E-state index is 0.0249. The summed E-state index contributed by atoms with van der Waals surface area (Å²) in [6.07, 6.45) is 0.852. The van der Waals surface area contributed by atoms with E-state index in [4.69, 9.17) is 14.1 Å². The zero-order valence-corrected chi connectivity index (χ0v) is 20.0. The minimum atomic E-state index is -0.372. The molecule has 1 aliphatic rings. The molecule has 176 valence electrons. The SMILES string of the molecule is Cc1ccc2c(CSc3nc4ccccc4c(=O)n3CCCN3CCOCC3)cc(=O)oc2c1. The van der Waals surface area contributed by atoms with E-state index < -0.39 is 0 Å². The number of morpholine rings is 1. The van der Waals surface area contributed by atoms with E-state index in [1.54, 1.807) is 4.57 Å². The molecule has 0 atom stereocenters. The highest BCUT2D eigenvalue weighted by Crippen LogP contribution is 2.26. The number of para-hydroxylation sites is 1. The van der Waals surface area contributed by atoms with Crippen LogP contribution in [-0.4, -0.2) is 47.3 Å². The first-order valence-corrected chi connectivity index (χ1v) is 12.5. The molecule has 0 unspecified atom stereocenters. The molecule has 2 aromatic carbocycles. The molecule has 8 heteroatoms. The summed E-state index contributed by atoms with van der Waals surface area (Å²) >= 11 is 1.48. The molecule has 4 aromatic rings. The molecule has 0 aliphatic carbocycles. The number of fused-ring (bicyclic) bond motifs is 2. The zero-order chi connectivity index (χ0) is 23.5. The van der Waals surface area contributed by atoms with Gasteiger partial charge in [-0.1, -0.05) is 36.0 Å². The lowest BCUT2D eigenvalue weighted by Gasteiger charge is -2.26. The van der Waals surface area contributed by atoms with Crippen molar-refractivity contribution in [3.05, 3.63) is 80.4 Å². The maximum Gasteiger partial charge on any atom is 0.336 e. The summed E-state index contributed by atoms with van der Waals surface area (Å²) in [7, 11) is 0. The molecule has 7 nitrogen and oxygen atoms in total. The van der Waals surface area contributed by atoms with Gasteiger partial charge in [0.25, 0.3) is 5.56 Å². The third-order valence-corrected chi connectivity index (χ3v) is 7.15. The first kappa shape index (κ1) is 22.8. The molecule has 0 radical (unpaired) electrons. The highest BCUT2D eigenvalue weighted by molar-refractivity contribution is 7.98. The number of hydrogen-bond donors (Lipinski definition) is 0. The van der Waals surface area contributed by atoms with Crippen LogP contribution < -0.4 is 11.2 Å². The van der Waals surface area contributed by atoms with Crippen LogP contribution in [-0.2, 0) is 17.0 Å². The van der Waals surface area contributed by atoms with Crippen LogP contribution in [0, 0.1) is 6.92 Å². The van der Waals surface area contributed by atoms with Gasteiger partial charge in [-0.15, -0.1) is 0 Å². The molecule has 34 heavy (non-hydrogen) atoms.